The maximum Gasteiger partial charge on any atom is 0.277 e. The van der Waals surface area contributed by atoms with Gasteiger partial charge in [-0.2, -0.15) is 4.98 Å². The van der Waals surface area contributed by atoms with E-state index >= 15 is 0 Å². The first-order valence-corrected chi connectivity index (χ1v) is 5.58. The van der Waals surface area contributed by atoms with E-state index in [9.17, 15) is 4.79 Å². The van der Waals surface area contributed by atoms with Crippen molar-refractivity contribution in [2.75, 3.05) is 30.2 Å². The molecular formula is C10H18N6O. The van der Waals surface area contributed by atoms with Gasteiger partial charge in [0.05, 0.1) is 0 Å². The van der Waals surface area contributed by atoms with Gasteiger partial charge in [-0.25, -0.2) is 5.01 Å². The summed E-state index contributed by atoms with van der Waals surface area (Å²) in [6.45, 7) is 4.06. The van der Waals surface area contributed by atoms with Crippen LogP contribution in [0.5, 0.6) is 0 Å². The molecule has 17 heavy (non-hydrogen) atoms. The van der Waals surface area contributed by atoms with E-state index in [4.69, 9.17) is 0 Å². The van der Waals surface area contributed by atoms with Crippen molar-refractivity contribution in [2.24, 2.45) is 0 Å². The number of nitrogens with one attached hydrogen (secondary N) is 4. The molecule has 0 amide bonds. The summed E-state index contributed by atoms with van der Waals surface area (Å²) in [6.07, 6.45) is 0. The van der Waals surface area contributed by atoms with E-state index in [1.54, 1.807) is 5.01 Å². The Hall–Kier alpha value is -1.76. The maximum atomic E-state index is 11.9. The van der Waals surface area contributed by atoms with Crippen LogP contribution in [-0.4, -0.2) is 41.2 Å². The molecule has 1 aromatic rings. The lowest BCUT2D eigenvalue weighted by Crippen LogP contribution is -2.42. The molecule has 0 aromatic carbocycles. The van der Waals surface area contributed by atoms with Crippen LogP contribution in [-0.2, 0) is 0 Å². The van der Waals surface area contributed by atoms with Gasteiger partial charge in [0, 0.05) is 26.2 Å². The van der Waals surface area contributed by atoms with Crippen LogP contribution >= 0.6 is 0 Å². The fraction of sp³-hybridized carbons (Fsp3) is 0.600. The molecule has 1 aliphatic heterocycles. The second kappa shape index (κ2) is 4.25. The third kappa shape index (κ3) is 2.33. The van der Waals surface area contributed by atoms with Crippen LogP contribution in [0.3, 0.4) is 0 Å². The van der Waals surface area contributed by atoms with Gasteiger partial charge in [-0.05, 0) is 13.8 Å². The van der Waals surface area contributed by atoms with E-state index in [-0.39, 0.29) is 17.6 Å². The molecule has 1 aliphatic rings. The zero-order valence-electron chi connectivity index (χ0n) is 10.5. The summed E-state index contributed by atoms with van der Waals surface area (Å²) in [5, 5.41) is 8.08. The summed E-state index contributed by atoms with van der Waals surface area (Å²) in [7, 11) is 3.66. The molecule has 2 heterocycles. The minimum absolute atomic E-state index is 0.175. The zero-order valence-corrected chi connectivity index (χ0v) is 10.5. The molecule has 94 valence electrons. The van der Waals surface area contributed by atoms with Gasteiger partial charge in [0.1, 0.15) is 5.69 Å². The number of hydrogen-bond donors (Lipinski definition) is 4. The van der Waals surface area contributed by atoms with Gasteiger partial charge in [0.15, 0.2) is 5.82 Å². The first-order valence-electron chi connectivity index (χ1n) is 5.58. The molecule has 0 radical (unpaired) electrons. The van der Waals surface area contributed by atoms with Gasteiger partial charge in [0.25, 0.3) is 5.56 Å². The molecule has 0 aliphatic carbocycles. The van der Waals surface area contributed by atoms with E-state index in [2.05, 4.69) is 26.0 Å². The van der Waals surface area contributed by atoms with Crippen molar-refractivity contribution in [1.82, 2.24) is 15.0 Å². The highest BCUT2D eigenvalue weighted by Gasteiger charge is 2.24. The van der Waals surface area contributed by atoms with Gasteiger partial charge in [0.2, 0.25) is 5.95 Å². The van der Waals surface area contributed by atoms with Crippen LogP contribution in [0.15, 0.2) is 4.79 Å². The molecule has 2 unspecified atom stereocenters. The van der Waals surface area contributed by atoms with E-state index in [1.807, 2.05) is 27.9 Å². The Morgan fingerprint density at radius 1 is 1.24 bits per heavy atom. The van der Waals surface area contributed by atoms with Crippen LogP contribution in [0.4, 0.5) is 17.5 Å². The maximum absolute atomic E-state index is 11.9. The fourth-order valence-electron chi connectivity index (χ4n) is 1.67. The van der Waals surface area contributed by atoms with Crippen LogP contribution in [0.2, 0.25) is 0 Å². The van der Waals surface area contributed by atoms with Gasteiger partial charge in [-0.15, -0.1) is 0 Å². The minimum atomic E-state index is -0.175. The van der Waals surface area contributed by atoms with Crippen LogP contribution in [0.1, 0.15) is 13.8 Å². The quantitative estimate of drug-likeness (QED) is 0.554. The van der Waals surface area contributed by atoms with Crippen molar-refractivity contribution in [3.8, 4) is 0 Å². The molecule has 0 spiro atoms. The highest BCUT2D eigenvalue weighted by Crippen LogP contribution is 2.23. The summed E-state index contributed by atoms with van der Waals surface area (Å²) in [5.41, 5.74) is 3.25. The number of nitrogens with zero attached hydrogens (tertiary/aromatic N) is 2. The number of fused-ring (bicyclic) bond motifs is 1. The van der Waals surface area contributed by atoms with E-state index in [1.165, 1.54) is 0 Å². The highest BCUT2D eigenvalue weighted by atomic mass is 16.1. The Morgan fingerprint density at radius 2 is 1.88 bits per heavy atom. The van der Waals surface area contributed by atoms with Crippen molar-refractivity contribution in [1.29, 1.82) is 0 Å². The van der Waals surface area contributed by atoms with Crippen LogP contribution in [0, 0.1) is 0 Å². The van der Waals surface area contributed by atoms with E-state index < -0.39 is 0 Å². The summed E-state index contributed by atoms with van der Waals surface area (Å²) >= 11 is 0. The summed E-state index contributed by atoms with van der Waals surface area (Å²) in [4.78, 5) is 18.9. The van der Waals surface area contributed by atoms with Crippen molar-refractivity contribution in [3.63, 3.8) is 0 Å². The van der Waals surface area contributed by atoms with Gasteiger partial charge < -0.3 is 10.6 Å². The predicted molar refractivity (Wildman–Crippen MR) is 68.3 cm³/mol. The average molecular weight is 238 g/mol. The minimum Gasteiger partial charge on any atom is -0.373 e. The van der Waals surface area contributed by atoms with E-state index in [0.29, 0.717) is 17.5 Å². The number of hydrogen-bond acceptors (Lipinski definition) is 6. The van der Waals surface area contributed by atoms with Crippen molar-refractivity contribution < 1.29 is 0 Å². The number of rotatable bonds is 2. The largest absolute Gasteiger partial charge is 0.373 e. The number of aromatic nitrogens is 2. The lowest BCUT2D eigenvalue weighted by molar-refractivity contribution is 0.488. The van der Waals surface area contributed by atoms with Gasteiger partial charge in [-0.1, -0.05) is 0 Å². The highest BCUT2D eigenvalue weighted by molar-refractivity contribution is 5.67. The lowest BCUT2D eigenvalue weighted by Gasteiger charge is -2.30. The molecule has 2 atom stereocenters. The Morgan fingerprint density at radius 3 is 2.53 bits per heavy atom. The third-order valence-electron chi connectivity index (χ3n) is 2.74. The normalized spacial score (nSPS) is 22.6. The number of anilines is 3. The Kier molecular flexibility index (Phi) is 2.93. The van der Waals surface area contributed by atoms with Crippen LogP contribution < -0.4 is 21.6 Å². The molecule has 1 aromatic heterocycles. The average Bonchev–Trinajstić information content (AvgIpc) is 2.20. The predicted octanol–water partition coefficient (Wildman–Crippen LogP) is 0.273. The lowest BCUT2D eigenvalue weighted by atomic mass is 10.1. The van der Waals surface area contributed by atoms with Gasteiger partial charge >= 0.3 is 0 Å². The van der Waals surface area contributed by atoms with Crippen molar-refractivity contribution in [3.05, 3.63) is 10.4 Å². The summed E-state index contributed by atoms with van der Waals surface area (Å²) in [6, 6.07) is 0.419. The van der Waals surface area contributed by atoms with Crippen LogP contribution in [0.25, 0.3) is 0 Å². The van der Waals surface area contributed by atoms with Gasteiger partial charge in [-0.3, -0.25) is 15.2 Å². The Bertz CT molecular complexity index is 468. The molecular weight excluding hydrogens is 220 g/mol. The topological polar surface area (TPSA) is 85.1 Å². The monoisotopic (exact) mass is 238 g/mol. The molecule has 0 saturated carbocycles. The molecule has 2 rings (SSSR count). The van der Waals surface area contributed by atoms with E-state index in [0.717, 1.165) is 0 Å². The second-order valence-corrected chi connectivity index (χ2v) is 4.51. The third-order valence-corrected chi connectivity index (χ3v) is 2.74. The fourth-order valence-corrected chi connectivity index (χ4v) is 1.67. The first-order chi connectivity index (χ1) is 7.97. The smallest absolute Gasteiger partial charge is 0.277 e. The number of H-pyrrole nitrogens is 1. The Balaban J connectivity index is 2.37. The Labute approximate surface area is 99.6 Å². The molecule has 0 saturated heterocycles. The standard InChI is InChI=1S/C10H18N6O/c1-5-6(2)12-8-7(11-5)9(17)14-10(13-8)15-16(3)4/h5-6,11H,1-4H3,(H3,12,13,14,15,17). The number of hydrazine groups is 1. The molecule has 0 bridgehead atoms. The second-order valence-electron chi connectivity index (χ2n) is 4.51. The molecule has 4 N–H and O–H groups in total. The summed E-state index contributed by atoms with van der Waals surface area (Å²) in [5.74, 6) is 1.01. The zero-order chi connectivity index (χ0) is 12.6. The number of aromatic amines is 1. The van der Waals surface area contributed by atoms with Crippen molar-refractivity contribution >= 4 is 17.5 Å². The van der Waals surface area contributed by atoms with Crippen molar-refractivity contribution in [2.45, 2.75) is 25.9 Å². The molecule has 0 fully saturated rings. The summed E-state index contributed by atoms with van der Waals surface area (Å²) < 4.78 is 0. The first kappa shape index (κ1) is 11.7. The SMILES string of the molecule is CC1Nc2nc(NN(C)C)[nH]c(=O)c2NC1C. The molecule has 7 nitrogen and oxygen atoms in total. The molecule has 7 heteroatoms.